The summed E-state index contributed by atoms with van der Waals surface area (Å²) in [7, 11) is 1.73. The number of rotatable bonds is 8. The molecule has 0 atom stereocenters. The van der Waals surface area contributed by atoms with E-state index in [4.69, 9.17) is 9.72 Å². The van der Waals surface area contributed by atoms with Crippen molar-refractivity contribution in [3.05, 3.63) is 47.7 Å². The van der Waals surface area contributed by atoms with Crippen molar-refractivity contribution in [1.29, 1.82) is 0 Å². The fraction of sp³-hybridized carbons (Fsp3) is 0.400. The molecule has 2 aromatic carbocycles. The van der Waals surface area contributed by atoms with Crippen LogP contribution >= 0.6 is 0 Å². The van der Waals surface area contributed by atoms with E-state index >= 15 is 0 Å². The molecule has 0 bridgehead atoms. The summed E-state index contributed by atoms with van der Waals surface area (Å²) in [6, 6.07) is 10.5. The van der Waals surface area contributed by atoms with Crippen LogP contribution in [0.15, 0.2) is 36.5 Å². The van der Waals surface area contributed by atoms with E-state index in [2.05, 4.69) is 60.9 Å². The van der Waals surface area contributed by atoms with Crippen LogP contribution in [0.4, 0.5) is 0 Å². The van der Waals surface area contributed by atoms with E-state index in [-0.39, 0.29) is 0 Å². The smallest absolute Gasteiger partial charge is 0.119 e. The van der Waals surface area contributed by atoms with Crippen LogP contribution in [0.2, 0.25) is 0 Å². The zero-order chi connectivity index (χ0) is 21.3. The van der Waals surface area contributed by atoms with Gasteiger partial charge in [-0.05, 0) is 69.7 Å². The van der Waals surface area contributed by atoms with Gasteiger partial charge in [-0.25, -0.2) is 0 Å². The van der Waals surface area contributed by atoms with Crippen molar-refractivity contribution in [3.63, 3.8) is 0 Å². The van der Waals surface area contributed by atoms with Crippen molar-refractivity contribution >= 4 is 32.7 Å². The quantitative estimate of drug-likeness (QED) is 0.408. The van der Waals surface area contributed by atoms with Gasteiger partial charge in [-0.15, -0.1) is 0 Å². The Morgan fingerprint density at radius 1 is 1.07 bits per heavy atom. The first-order valence-corrected chi connectivity index (χ1v) is 10.9. The van der Waals surface area contributed by atoms with Gasteiger partial charge in [0.15, 0.2) is 0 Å². The van der Waals surface area contributed by atoms with Gasteiger partial charge in [0, 0.05) is 34.5 Å². The Morgan fingerprint density at radius 2 is 1.87 bits per heavy atom. The minimum absolute atomic E-state index is 0.881. The number of nitrogens with one attached hydrogen (secondary N) is 1. The second-order valence-electron chi connectivity index (χ2n) is 7.88. The summed E-state index contributed by atoms with van der Waals surface area (Å²) in [5.74, 6) is 0.881. The van der Waals surface area contributed by atoms with Crippen LogP contribution in [0.5, 0.6) is 5.75 Å². The highest BCUT2D eigenvalue weighted by atomic mass is 16.5. The molecule has 4 aromatic rings. The summed E-state index contributed by atoms with van der Waals surface area (Å²) in [4.78, 5) is 7.17. The van der Waals surface area contributed by atoms with E-state index < -0.39 is 0 Å². The largest absolute Gasteiger partial charge is 0.497 e. The standard InChI is InChI=1S/C25H32N4O/c1-6-28(7-2)15-9-14-27-29-22-12-11-19(30-5)16-21(22)23-17(3)20-10-8-13-26-24(20)18(4)25(23)29/h8,10-13,16,27H,6-7,9,14-15H2,1-5H3. The molecular weight excluding hydrogens is 372 g/mol. The molecule has 0 aliphatic carbocycles. The molecule has 0 aliphatic heterocycles. The number of nitrogens with zero attached hydrogens (tertiary/aromatic N) is 3. The second-order valence-corrected chi connectivity index (χ2v) is 7.88. The molecule has 0 fully saturated rings. The predicted molar refractivity (Wildman–Crippen MR) is 127 cm³/mol. The minimum Gasteiger partial charge on any atom is -0.497 e. The lowest BCUT2D eigenvalue weighted by atomic mass is 9.99. The molecular formula is C25H32N4O. The number of hydrogen-bond donors (Lipinski definition) is 1. The van der Waals surface area contributed by atoms with E-state index in [0.29, 0.717) is 0 Å². The topological polar surface area (TPSA) is 42.3 Å². The number of aryl methyl sites for hydroxylation is 2. The number of aromatic nitrogens is 2. The van der Waals surface area contributed by atoms with Crippen LogP contribution in [-0.4, -0.2) is 47.8 Å². The third-order valence-corrected chi connectivity index (χ3v) is 6.29. The maximum absolute atomic E-state index is 5.54. The van der Waals surface area contributed by atoms with Gasteiger partial charge in [0.05, 0.1) is 23.7 Å². The van der Waals surface area contributed by atoms with Crippen LogP contribution in [-0.2, 0) is 0 Å². The van der Waals surface area contributed by atoms with Gasteiger partial charge in [0.2, 0.25) is 0 Å². The highest BCUT2D eigenvalue weighted by Crippen LogP contribution is 2.38. The summed E-state index contributed by atoms with van der Waals surface area (Å²) in [6.07, 6.45) is 2.98. The molecule has 0 amide bonds. The van der Waals surface area contributed by atoms with Gasteiger partial charge < -0.3 is 15.1 Å². The molecule has 30 heavy (non-hydrogen) atoms. The molecule has 0 saturated heterocycles. The lowest BCUT2D eigenvalue weighted by molar-refractivity contribution is 0.302. The van der Waals surface area contributed by atoms with Crippen LogP contribution < -0.4 is 10.2 Å². The van der Waals surface area contributed by atoms with Crippen molar-refractivity contribution in [3.8, 4) is 5.75 Å². The first-order valence-electron chi connectivity index (χ1n) is 10.9. The highest BCUT2D eigenvalue weighted by Gasteiger charge is 2.19. The van der Waals surface area contributed by atoms with Crippen molar-refractivity contribution in [2.75, 3.05) is 38.7 Å². The molecule has 0 saturated carbocycles. The molecule has 0 radical (unpaired) electrons. The van der Waals surface area contributed by atoms with Crippen molar-refractivity contribution < 1.29 is 4.74 Å². The lowest BCUT2D eigenvalue weighted by Gasteiger charge is -2.19. The van der Waals surface area contributed by atoms with Crippen LogP contribution in [0.3, 0.4) is 0 Å². The molecule has 0 spiro atoms. The fourth-order valence-electron chi connectivity index (χ4n) is 4.58. The van der Waals surface area contributed by atoms with E-state index in [1.165, 1.54) is 38.3 Å². The Morgan fingerprint density at radius 3 is 2.60 bits per heavy atom. The summed E-state index contributed by atoms with van der Waals surface area (Å²) < 4.78 is 7.81. The number of benzene rings is 2. The number of ether oxygens (including phenoxy) is 1. The SMILES string of the molecule is CCN(CC)CCCNn1c2ccc(OC)cc2c2c(C)c3cccnc3c(C)c21. The normalized spacial score (nSPS) is 11.8. The molecule has 1 N–H and O–H groups in total. The van der Waals surface area contributed by atoms with E-state index in [9.17, 15) is 0 Å². The zero-order valence-electron chi connectivity index (χ0n) is 18.7. The molecule has 4 rings (SSSR count). The van der Waals surface area contributed by atoms with Gasteiger partial charge in [0.25, 0.3) is 0 Å². The predicted octanol–water partition coefficient (Wildman–Crippen LogP) is 5.24. The molecule has 5 heteroatoms. The Bertz CT molecular complexity index is 1190. The van der Waals surface area contributed by atoms with Crippen molar-refractivity contribution in [2.45, 2.75) is 34.1 Å². The minimum atomic E-state index is 0.881. The summed E-state index contributed by atoms with van der Waals surface area (Å²) in [6.45, 7) is 13.1. The Labute approximate surface area is 178 Å². The van der Waals surface area contributed by atoms with Crippen molar-refractivity contribution in [1.82, 2.24) is 14.6 Å². The van der Waals surface area contributed by atoms with Gasteiger partial charge in [0.1, 0.15) is 5.75 Å². The number of fused-ring (bicyclic) bond motifs is 4. The monoisotopic (exact) mass is 404 g/mol. The summed E-state index contributed by atoms with van der Waals surface area (Å²) in [5, 5.41) is 3.70. The lowest BCUT2D eigenvalue weighted by Crippen LogP contribution is -2.27. The average Bonchev–Trinajstić information content (AvgIpc) is 3.11. The third kappa shape index (κ3) is 3.37. The molecule has 0 unspecified atom stereocenters. The molecule has 2 aromatic heterocycles. The zero-order valence-corrected chi connectivity index (χ0v) is 18.7. The highest BCUT2D eigenvalue weighted by molar-refractivity contribution is 6.16. The van der Waals surface area contributed by atoms with E-state index in [1.54, 1.807) is 7.11 Å². The van der Waals surface area contributed by atoms with E-state index in [0.717, 1.165) is 43.9 Å². The fourth-order valence-corrected chi connectivity index (χ4v) is 4.58. The average molecular weight is 405 g/mol. The Balaban J connectivity index is 1.87. The number of methoxy groups -OCH3 is 1. The third-order valence-electron chi connectivity index (χ3n) is 6.29. The number of hydrogen-bond acceptors (Lipinski definition) is 4. The van der Waals surface area contributed by atoms with Crippen LogP contribution in [0, 0.1) is 13.8 Å². The first kappa shape index (κ1) is 20.5. The summed E-state index contributed by atoms with van der Waals surface area (Å²) in [5.41, 5.74) is 9.64. The van der Waals surface area contributed by atoms with Gasteiger partial charge in [-0.3, -0.25) is 9.66 Å². The Hall–Kier alpha value is -2.79. The second kappa shape index (κ2) is 8.52. The molecule has 0 aliphatic rings. The maximum atomic E-state index is 5.54. The molecule has 158 valence electrons. The van der Waals surface area contributed by atoms with Crippen LogP contribution in [0.25, 0.3) is 32.7 Å². The molecule has 5 nitrogen and oxygen atoms in total. The number of pyridine rings is 1. The van der Waals surface area contributed by atoms with Crippen LogP contribution in [0.1, 0.15) is 31.4 Å². The maximum Gasteiger partial charge on any atom is 0.119 e. The summed E-state index contributed by atoms with van der Waals surface area (Å²) >= 11 is 0. The van der Waals surface area contributed by atoms with Gasteiger partial charge in [-0.2, -0.15) is 0 Å². The molecule has 2 heterocycles. The van der Waals surface area contributed by atoms with Gasteiger partial charge in [-0.1, -0.05) is 19.9 Å². The van der Waals surface area contributed by atoms with E-state index in [1.807, 2.05) is 18.3 Å². The van der Waals surface area contributed by atoms with Gasteiger partial charge >= 0.3 is 0 Å². The first-order chi connectivity index (χ1) is 14.6. The van der Waals surface area contributed by atoms with Crippen molar-refractivity contribution in [2.24, 2.45) is 0 Å². The Kier molecular flexibility index (Phi) is 5.82.